The van der Waals surface area contributed by atoms with Crippen molar-refractivity contribution in [2.45, 2.75) is 37.8 Å². The maximum Gasteiger partial charge on any atom is 0.234 e. The van der Waals surface area contributed by atoms with E-state index in [0.717, 1.165) is 35.5 Å². The molecule has 0 atom stereocenters. The Morgan fingerprint density at radius 3 is 2.91 bits per heavy atom. The monoisotopic (exact) mass is 317 g/mol. The van der Waals surface area contributed by atoms with Crippen molar-refractivity contribution in [2.75, 3.05) is 16.9 Å². The van der Waals surface area contributed by atoms with E-state index in [4.69, 9.17) is 5.84 Å². The molecular formula is C15H19N5OS. The number of rotatable bonds is 5. The second-order valence-corrected chi connectivity index (χ2v) is 6.58. The van der Waals surface area contributed by atoms with Gasteiger partial charge in [0, 0.05) is 11.6 Å². The van der Waals surface area contributed by atoms with Crippen LogP contribution >= 0.6 is 11.8 Å². The summed E-state index contributed by atoms with van der Waals surface area (Å²) >= 11 is 1.30. The topological polar surface area (TPSA) is 85.8 Å². The van der Waals surface area contributed by atoms with E-state index < -0.39 is 0 Å². The van der Waals surface area contributed by atoms with Crippen LogP contribution in [-0.4, -0.2) is 26.5 Å². The number of benzene rings is 1. The molecule has 3 N–H and O–H groups in total. The molecule has 7 heteroatoms. The number of anilines is 1. The van der Waals surface area contributed by atoms with Gasteiger partial charge in [0.1, 0.15) is 0 Å². The summed E-state index contributed by atoms with van der Waals surface area (Å²) in [5.41, 5.74) is 3.00. The lowest BCUT2D eigenvalue weighted by Crippen LogP contribution is -2.17. The van der Waals surface area contributed by atoms with Gasteiger partial charge in [0.2, 0.25) is 11.1 Å². The number of nitrogens with zero attached hydrogens (tertiary/aromatic N) is 3. The van der Waals surface area contributed by atoms with Crippen molar-refractivity contribution in [2.24, 2.45) is 0 Å². The highest BCUT2D eigenvalue weighted by atomic mass is 32.2. The van der Waals surface area contributed by atoms with Gasteiger partial charge >= 0.3 is 0 Å². The Hall–Kier alpha value is -2.02. The lowest BCUT2D eigenvalue weighted by Gasteiger charge is -2.09. The van der Waals surface area contributed by atoms with Crippen LogP contribution in [0.3, 0.4) is 0 Å². The van der Waals surface area contributed by atoms with E-state index in [1.807, 2.05) is 32.0 Å². The van der Waals surface area contributed by atoms with Gasteiger partial charge in [-0.3, -0.25) is 4.79 Å². The Balaban J connectivity index is 1.59. The fourth-order valence-electron chi connectivity index (χ4n) is 2.19. The molecule has 0 aliphatic heterocycles. The van der Waals surface area contributed by atoms with Gasteiger partial charge in [0.15, 0.2) is 5.82 Å². The van der Waals surface area contributed by atoms with Gasteiger partial charge < -0.3 is 11.2 Å². The van der Waals surface area contributed by atoms with Crippen LogP contribution in [0.1, 0.15) is 35.7 Å². The molecule has 0 spiro atoms. The molecule has 0 unspecified atom stereocenters. The van der Waals surface area contributed by atoms with Gasteiger partial charge in [-0.15, -0.1) is 10.2 Å². The number of carbonyl (C=O) groups is 1. The zero-order valence-corrected chi connectivity index (χ0v) is 13.5. The van der Waals surface area contributed by atoms with Gasteiger partial charge in [-0.05, 0) is 43.9 Å². The Morgan fingerprint density at radius 1 is 1.41 bits per heavy atom. The summed E-state index contributed by atoms with van der Waals surface area (Å²) in [5.74, 6) is 7.41. The molecule has 1 aliphatic rings. The second kappa shape index (κ2) is 6.00. The van der Waals surface area contributed by atoms with Crippen molar-refractivity contribution >= 4 is 23.4 Å². The van der Waals surface area contributed by atoms with Crippen molar-refractivity contribution in [3.05, 3.63) is 35.2 Å². The third-order valence-corrected chi connectivity index (χ3v) is 4.58. The fraction of sp³-hybridized carbons (Fsp3) is 0.400. The smallest absolute Gasteiger partial charge is 0.234 e. The molecule has 116 valence electrons. The SMILES string of the molecule is Cc1ccc(C)c(NC(=O)CSc2nnc(C3CC3)n2N)c1. The largest absolute Gasteiger partial charge is 0.336 e. The van der Waals surface area contributed by atoms with E-state index in [1.165, 1.54) is 16.4 Å². The Morgan fingerprint density at radius 2 is 2.18 bits per heavy atom. The molecule has 0 bridgehead atoms. The van der Waals surface area contributed by atoms with Crippen LogP contribution in [-0.2, 0) is 4.79 Å². The number of nitrogens with two attached hydrogens (primary N) is 1. The maximum atomic E-state index is 12.1. The molecular weight excluding hydrogens is 298 g/mol. The number of aromatic nitrogens is 3. The fourth-order valence-corrected chi connectivity index (χ4v) is 2.86. The highest BCUT2D eigenvalue weighted by Gasteiger charge is 2.30. The quantitative estimate of drug-likeness (QED) is 0.652. The lowest BCUT2D eigenvalue weighted by atomic mass is 10.1. The molecule has 1 aromatic carbocycles. The Kier molecular flexibility index (Phi) is 4.06. The molecule has 1 aromatic heterocycles. The highest BCUT2D eigenvalue weighted by Crippen LogP contribution is 2.39. The molecule has 3 rings (SSSR count). The molecule has 1 aliphatic carbocycles. The molecule has 1 amide bonds. The molecule has 1 fully saturated rings. The van der Waals surface area contributed by atoms with Crippen LogP contribution in [0.25, 0.3) is 0 Å². The minimum Gasteiger partial charge on any atom is -0.336 e. The van der Waals surface area contributed by atoms with Crippen LogP contribution < -0.4 is 11.2 Å². The summed E-state index contributed by atoms with van der Waals surface area (Å²) in [4.78, 5) is 12.1. The van der Waals surface area contributed by atoms with Crippen molar-refractivity contribution < 1.29 is 4.79 Å². The van der Waals surface area contributed by atoms with Gasteiger partial charge in [-0.2, -0.15) is 0 Å². The zero-order valence-electron chi connectivity index (χ0n) is 12.7. The average Bonchev–Trinajstić information content (AvgIpc) is 3.25. The number of aryl methyl sites for hydroxylation is 2. The second-order valence-electron chi connectivity index (χ2n) is 5.64. The molecule has 1 saturated carbocycles. The number of thioether (sulfide) groups is 1. The van der Waals surface area contributed by atoms with Crippen LogP contribution in [0.15, 0.2) is 23.4 Å². The normalized spacial score (nSPS) is 14.1. The number of amides is 1. The van der Waals surface area contributed by atoms with E-state index >= 15 is 0 Å². The summed E-state index contributed by atoms with van der Waals surface area (Å²) in [7, 11) is 0. The molecule has 6 nitrogen and oxygen atoms in total. The van der Waals surface area contributed by atoms with E-state index in [-0.39, 0.29) is 11.7 Å². The number of nitrogen functional groups attached to an aromatic ring is 1. The first kappa shape index (κ1) is 14.9. The Bertz CT molecular complexity index is 708. The predicted molar refractivity (Wildman–Crippen MR) is 87.4 cm³/mol. The summed E-state index contributed by atoms with van der Waals surface area (Å²) in [6, 6.07) is 5.99. The predicted octanol–water partition coefficient (Wildman–Crippen LogP) is 2.22. The van der Waals surface area contributed by atoms with Gasteiger partial charge in [0.05, 0.1) is 5.75 Å². The number of nitrogens with one attached hydrogen (secondary N) is 1. The standard InChI is InChI=1S/C15H19N5OS/c1-9-3-4-10(2)12(7-9)17-13(21)8-22-15-19-18-14(20(15)16)11-5-6-11/h3-4,7,11H,5-6,8,16H2,1-2H3,(H,17,21). The minimum absolute atomic E-state index is 0.0744. The molecule has 22 heavy (non-hydrogen) atoms. The van der Waals surface area contributed by atoms with Crippen LogP contribution in [0, 0.1) is 13.8 Å². The van der Waals surface area contributed by atoms with E-state index in [2.05, 4.69) is 15.5 Å². The van der Waals surface area contributed by atoms with Crippen molar-refractivity contribution in [3.8, 4) is 0 Å². The average molecular weight is 317 g/mol. The highest BCUT2D eigenvalue weighted by molar-refractivity contribution is 7.99. The first-order valence-corrected chi connectivity index (χ1v) is 8.23. The first-order chi connectivity index (χ1) is 10.5. The lowest BCUT2D eigenvalue weighted by molar-refractivity contribution is -0.113. The molecule has 1 heterocycles. The van der Waals surface area contributed by atoms with Crippen molar-refractivity contribution in [1.82, 2.24) is 14.9 Å². The van der Waals surface area contributed by atoms with E-state index in [9.17, 15) is 4.79 Å². The third-order valence-electron chi connectivity index (χ3n) is 3.63. The summed E-state index contributed by atoms with van der Waals surface area (Å²) < 4.78 is 1.51. The number of hydrogen-bond donors (Lipinski definition) is 2. The van der Waals surface area contributed by atoms with E-state index in [0.29, 0.717) is 11.1 Å². The zero-order chi connectivity index (χ0) is 15.7. The Labute approximate surface area is 133 Å². The summed E-state index contributed by atoms with van der Waals surface area (Å²) in [6.07, 6.45) is 2.24. The van der Waals surface area contributed by atoms with Gasteiger partial charge in [-0.25, -0.2) is 4.68 Å². The van der Waals surface area contributed by atoms with Crippen molar-refractivity contribution in [1.29, 1.82) is 0 Å². The van der Waals surface area contributed by atoms with Crippen molar-refractivity contribution in [3.63, 3.8) is 0 Å². The maximum absolute atomic E-state index is 12.1. The van der Waals surface area contributed by atoms with Crippen LogP contribution in [0.2, 0.25) is 0 Å². The third kappa shape index (κ3) is 3.24. The molecule has 2 aromatic rings. The molecule has 0 saturated heterocycles. The van der Waals surface area contributed by atoms with Gasteiger partial charge in [-0.1, -0.05) is 23.9 Å². The van der Waals surface area contributed by atoms with Crippen LogP contribution in [0.4, 0.5) is 5.69 Å². The minimum atomic E-state index is -0.0744. The first-order valence-electron chi connectivity index (χ1n) is 7.25. The summed E-state index contributed by atoms with van der Waals surface area (Å²) in [5, 5.41) is 11.7. The van der Waals surface area contributed by atoms with E-state index in [1.54, 1.807) is 0 Å². The van der Waals surface area contributed by atoms with Crippen LogP contribution in [0.5, 0.6) is 0 Å². The summed E-state index contributed by atoms with van der Waals surface area (Å²) in [6.45, 7) is 3.97. The van der Waals surface area contributed by atoms with Gasteiger partial charge in [0.25, 0.3) is 0 Å². The number of hydrogen-bond acceptors (Lipinski definition) is 5. The number of carbonyl (C=O) groups excluding carboxylic acids is 1. The molecule has 0 radical (unpaired) electrons.